The number of hydrogen-bond acceptors (Lipinski definition) is 5. The Labute approximate surface area is 209 Å². The molecule has 4 unspecified atom stereocenters. The van der Waals surface area contributed by atoms with Gasteiger partial charge in [0, 0.05) is 38.1 Å². The third-order valence-electron chi connectivity index (χ3n) is 8.59. The Morgan fingerprint density at radius 1 is 0.971 bits per heavy atom. The molecule has 6 nitrogen and oxygen atoms in total. The van der Waals surface area contributed by atoms with Crippen LogP contribution in [0.2, 0.25) is 0 Å². The number of fused-ring (bicyclic) bond motifs is 1. The number of halogens is 1. The molecular weight excluding hydrogens is 463 g/mol. The molecule has 8 heteroatoms. The molecular formula is C27H37FN4O2S. The molecule has 2 aromatic carbocycles. The summed E-state index contributed by atoms with van der Waals surface area (Å²) in [5, 5.41) is 2.77. The Morgan fingerprint density at radius 2 is 1.69 bits per heavy atom. The van der Waals surface area contributed by atoms with E-state index in [2.05, 4.69) is 34.5 Å². The van der Waals surface area contributed by atoms with Gasteiger partial charge in [0.15, 0.2) is 0 Å². The molecule has 3 heterocycles. The zero-order valence-electron chi connectivity index (χ0n) is 21.2. The van der Waals surface area contributed by atoms with Crippen molar-refractivity contribution in [2.75, 3.05) is 39.8 Å². The first-order chi connectivity index (χ1) is 16.7. The van der Waals surface area contributed by atoms with E-state index in [1.54, 1.807) is 4.31 Å². The van der Waals surface area contributed by atoms with Crippen molar-refractivity contribution in [3.05, 3.63) is 58.9 Å². The Hall–Kier alpha value is -1.84. The highest BCUT2D eigenvalue weighted by atomic mass is 32.2. The number of likely N-dealkylation sites (N-methyl/N-ethyl adjacent to an activating group) is 1. The first-order valence-electron chi connectivity index (χ1n) is 12.7. The highest BCUT2D eigenvalue weighted by molar-refractivity contribution is 7.89. The monoisotopic (exact) mass is 500 g/mol. The van der Waals surface area contributed by atoms with E-state index in [1.165, 1.54) is 11.6 Å². The van der Waals surface area contributed by atoms with Crippen molar-refractivity contribution in [1.29, 1.82) is 0 Å². The van der Waals surface area contributed by atoms with Crippen molar-refractivity contribution in [2.24, 2.45) is 0 Å². The predicted molar refractivity (Wildman–Crippen MR) is 138 cm³/mol. The van der Waals surface area contributed by atoms with Gasteiger partial charge in [0.2, 0.25) is 10.0 Å². The molecule has 5 rings (SSSR count). The molecule has 3 fully saturated rings. The summed E-state index contributed by atoms with van der Waals surface area (Å²) in [6.45, 7) is 9.40. The van der Waals surface area contributed by atoms with Gasteiger partial charge in [0.1, 0.15) is 11.2 Å². The molecule has 0 saturated carbocycles. The highest BCUT2D eigenvalue weighted by Gasteiger charge is 2.46. The van der Waals surface area contributed by atoms with E-state index < -0.39 is 15.4 Å². The second kappa shape index (κ2) is 9.56. The van der Waals surface area contributed by atoms with E-state index in [1.807, 2.05) is 38.8 Å². The van der Waals surface area contributed by atoms with Crippen molar-refractivity contribution < 1.29 is 12.8 Å². The molecule has 0 spiro atoms. The number of nitrogens with zero attached hydrogens (tertiary/aromatic N) is 3. The van der Waals surface area contributed by atoms with Gasteiger partial charge >= 0.3 is 0 Å². The SMILES string of the molecule is Cc1c(F)ccc(-c2ccc(C3CN4CCCCN(S(=O)(=O)C5CNC(C)N5C)CC34)cc2)c1C. The van der Waals surface area contributed by atoms with Crippen LogP contribution in [0, 0.1) is 19.7 Å². The summed E-state index contributed by atoms with van der Waals surface area (Å²) in [6, 6.07) is 12.2. The summed E-state index contributed by atoms with van der Waals surface area (Å²) in [5.41, 5.74) is 5.04. The second-order valence-electron chi connectivity index (χ2n) is 10.5. The zero-order valence-corrected chi connectivity index (χ0v) is 22.0. The molecule has 0 aromatic heterocycles. The van der Waals surface area contributed by atoms with E-state index in [0.717, 1.165) is 42.6 Å². The standard InChI is InChI=1S/C27H37FN4O2S/c1-18-19(2)25(28)12-11-23(18)21-7-9-22(10-8-21)24-16-31-13-5-6-14-32(17-26(24)31)35(33,34)27-15-29-20(3)30(27)4/h7-12,20,24,26-27,29H,5-6,13-17H2,1-4H3. The van der Waals surface area contributed by atoms with Gasteiger partial charge in [0.05, 0.1) is 6.17 Å². The lowest BCUT2D eigenvalue weighted by Gasteiger charge is -2.51. The molecule has 3 aliphatic rings. The van der Waals surface area contributed by atoms with Gasteiger partial charge in [0.25, 0.3) is 0 Å². The van der Waals surface area contributed by atoms with Crippen LogP contribution in [0.3, 0.4) is 0 Å². The summed E-state index contributed by atoms with van der Waals surface area (Å²) in [5.74, 6) is 0.143. The van der Waals surface area contributed by atoms with Gasteiger partial charge < -0.3 is 0 Å². The second-order valence-corrected chi connectivity index (χ2v) is 12.5. The van der Waals surface area contributed by atoms with E-state index in [4.69, 9.17) is 0 Å². The topological polar surface area (TPSA) is 55.9 Å². The molecule has 190 valence electrons. The lowest BCUT2D eigenvalue weighted by molar-refractivity contribution is 0.0342. The fourth-order valence-corrected chi connectivity index (χ4v) is 7.89. The minimum absolute atomic E-state index is 0.0597. The number of rotatable bonds is 4. The summed E-state index contributed by atoms with van der Waals surface area (Å²) in [4.78, 5) is 4.38. The zero-order chi connectivity index (χ0) is 24.9. The summed E-state index contributed by atoms with van der Waals surface area (Å²) in [7, 11) is -1.54. The average Bonchev–Trinajstić information content (AvgIpc) is 3.16. The molecule has 0 radical (unpaired) electrons. The normalized spacial score (nSPS) is 28.8. The summed E-state index contributed by atoms with van der Waals surface area (Å²) in [6.07, 6.45) is 1.98. The fraction of sp³-hybridized carbons (Fsp3) is 0.556. The third kappa shape index (κ3) is 4.44. The average molecular weight is 501 g/mol. The minimum atomic E-state index is -3.43. The Balaban J connectivity index is 1.35. The Morgan fingerprint density at radius 3 is 2.37 bits per heavy atom. The summed E-state index contributed by atoms with van der Waals surface area (Å²) >= 11 is 0. The number of nitrogens with one attached hydrogen (secondary N) is 1. The fourth-order valence-electron chi connectivity index (χ4n) is 5.89. The Bertz CT molecular complexity index is 1190. The van der Waals surface area contributed by atoms with Crippen molar-refractivity contribution in [1.82, 2.24) is 19.4 Å². The van der Waals surface area contributed by atoms with Gasteiger partial charge in [-0.2, -0.15) is 4.31 Å². The van der Waals surface area contributed by atoms with Gasteiger partial charge in [-0.25, -0.2) is 12.8 Å². The van der Waals surface area contributed by atoms with Gasteiger partial charge in [-0.3, -0.25) is 15.1 Å². The molecule has 3 aliphatic heterocycles. The molecule has 0 bridgehead atoms. The van der Waals surface area contributed by atoms with E-state index >= 15 is 0 Å². The van der Waals surface area contributed by atoms with Crippen LogP contribution in [0.1, 0.15) is 42.4 Å². The molecule has 0 aliphatic carbocycles. The van der Waals surface area contributed by atoms with Gasteiger partial charge in [-0.05, 0) is 81.1 Å². The third-order valence-corrected chi connectivity index (χ3v) is 10.8. The Kier molecular flexibility index (Phi) is 6.78. The number of benzene rings is 2. The van der Waals surface area contributed by atoms with E-state index in [0.29, 0.717) is 31.1 Å². The summed E-state index contributed by atoms with van der Waals surface area (Å²) < 4.78 is 42.9. The van der Waals surface area contributed by atoms with Crippen LogP contribution < -0.4 is 5.32 Å². The van der Waals surface area contributed by atoms with Crippen molar-refractivity contribution in [3.8, 4) is 11.1 Å². The molecule has 0 amide bonds. The maximum atomic E-state index is 13.9. The maximum Gasteiger partial charge on any atom is 0.231 e. The van der Waals surface area contributed by atoms with Gasteiger partial charge in [-0.1, -0.05) is 30.3 Å². The lowest BCUT2D eigenvalue weighted by Crippen LogP contribution is -2.62. The van der Waals surface area contributed by atoms with E-state index in [9.17, 15) is 12.8 Å². The molecule has 2 aromatic rings. The quantitative estimate of drug-likeness (QED) is 0.696. The van der Waals surface area contributed by atoms with Crippen LogP contribution in [0.15, 0.2) is 36.4 Å². The van der Waals surface area contributed by atoms with Gasteiger partial charge in [-0.15, -0.1) is 0 Å². The van der Waals surface area contributed by atoms with Crippen LogP contribution >= 0.6 is 0 Å². The largest absolute Gasteiger partial charge is 0.299 e. The molecule has 35 heavy (non-hydrogen) atoms. The maximum absolute atomic E-state index is 13.9. The molecule has 4 atom stereocenters. The first-order valence-corrected chi connectivity index (χ1v) is 14.2. The van der Waals surface area contributed by atoms with Crippen LogP contribution in [-0.4, -0.2) is 79.9 Å². The van der Waals surface area contributed by atoms with Crippen molar-refractivity contribution in [3.63, 3.8) is 0 Å². The van der Waals surface area contributed by atoms with Crippen molar-refractivity contribution >= 4 is 10.0 Å². The smallest absolute Gasteiger partial charge is 0.231 e. The van der Waals surface area contributed by atoms with Crippen LogP contribution in [0.5, 0.6) is 0 Å². The molecule has 1 N–H and O–H groups in total. The van der Waals surface area contributed by atoms with E-state index in [-0.39, 0.29) is 18.0 Å². The van der Waals surface area contributed by atoms with Crippen molar-refractivity contribution in [2.45, 2.75) is 57.1 Å². The molecule has 3 saturated heterocycles. The first kappa shape index (κ1) is 24.8. The lowest BCUT2D eigenvalue weighted by atomic mass is 9.81. The van der Waals surface area contributed by atoms with Crippen LogP contribution in [0.25, 0.3) is 11.1 Å². The van der Waals surface area contributed by atoms with Crippen LogP contribution in [-0.2, 0) is 10.0 Å². The predicted octanol–water partition coefficient (Wildman–Crippen LogP) is 3.51. The van der Waals surface area contributed by atoms with Crippen LogP contribution in [0.4, 0.5) is 4.39 Å². The number of sulfonamides is 1. The minimum Gasteiger partial charge on any atom is -0.299 e. The highest BCUT2D eigenvalue weighted by Crippen LogP contribution is 2.38. The number of hydrogen-bond donors (Lipinski definition) is 1.